The molecule has 178 valence electrons. The number of hydrogen-bond acceptors (Lipinski definition) is 4. The molecule has 1 atom stereocenters. The van der Waals surface area contributed by atoms with Gasteiger partial charge in [0.2, 0.25) is 0 Å². The van der Waals surface area contributed by atoms with Crippen molar-refractivity contribution in [1.82, 2.24) is 5.32 Å². The lowest BCUT2D eigenvalue weighted by atomic mass is 9.75. The van der Waals surface area contributed by atoms with Crippen molar-refractivity contribution in [3.05, 3.63) is 82.2 Å². The van der Waals surface area contributed by atoms with Gasteiger partial charge in [0.15, 0.2) is 5.78 Å². The lowest BCUT2D eigenvalue weighted by Crippen LogP contribution is -2.35. The van der Waals surface area contributed by atoms with E-state index in [1.54, 1.807) is 6.92 Å². The third-order valence-corrected chi connectivity index (χ3v) is 6.21. The highest BCUT2D eigenvalue weighted by atomic mass is 19.4. The molecule has 1 aliphatic carbocycles. The third-order valence-electron chi connectivity index (χ3n) is 6.21. The number of allylic oxidation sites excluding steroid dienone is 3. The first-order valence-electron chi connectivity index (χ1n) is 11.1. The molecule has 0 bridgehead atoms. The fraction of sp³-hybridized carbons (Fsp3) is 0.308. The lowest BCUT2D eigenvalue weighted by Gasteiger charge is -2.34. The van der Waals surface area contributed by atoms with Crippen LogP contribution in [0, 0.1) is 0 Å². The van der Waals surface area contributed by atoms with Gasteiger partial charge in [0.05, 0.1) is 5.56 Å². The van der Waals surface area contributed by atoms with E-state index in [0.29, 0.717) is 29.7 Å². The standard InChI is InChI=1S/C26H26F3N3O2/c1-15-22(25(34)31-18-7-4-6-17(14-18)26(27,28)29)23(16-10-12-19(13-11-16)32(2)3)24-20(30-15)8-5-9-21(24)33/h4,6-7,10-14,23,30H,5,8-9H2,1-3H3,(H,31,34)/t23-/m0/s1. The van der Waals surface area contributed by atoms with E-state index in [1.165, 1.54) is 12.1 Å². The zero-order valence-corrected chi connectivity index (χ0v) is 19.2. The summed E-state index contributed by atoms with van der Waals surface area (Å²) in [5.41, 5.74) is 3.22. The number of benzene rings is 2. The quantitative estimate of drug-likeness (QED) is 0.632. The zero-order chi connectivity index (χ0) is 24.6. The number of amides is 1. The SMILES string of the molecule is CC1=C(C(=O)Nc2cccc(C(F)(F)F)c2)[C@H](c2ccc(N(C)C)cc2)C2=C(CCCC2=O)N1. The molecular formula is C26H26F3N3O2. The van der Waals surface area contributed by atoms with Crippen LogP contribution in [0.4, 0.5) is 24.5 Å². The third kappa shape index (κ3) is 4.58. The molecule has 2 aliphatic rings. The van der Waals surface area contributed by atoms with E-state index < -0.39 is 23.6 Å². The minimum atomic E-state index is -4.52. The molecule has 0 unspecified atom stereocenters. The van der Waals surface area contributed by atoms with Gasteiger partial charge in [-0.1, -0.05) is 18.2 Å². The summed E-state index contributed by atoms with van der Waals surface area (Å²) in [5, 5.41) is 5.84. The van der Waals surface area contributed by atoms with Crippen LogP contribution in [0.25, 0.3) is 0 Å². The van der Waals surface area contributed by atoms with Gasteiger partial charge in [-0.2, -0.15) is 13.2 Å². The number of rotatable bonds is 4. The van der Waals surface area contributed by atoms with Gasteiger partial charge in [0.1, 0.15) is 0 Å². The Morgan fingerprint density at radius 1 is 1.09 bits per heavy atom. The Morgan fingerprint density at radius 2 is 1.79 bits per heavy atom. The Bertz CT molecular complexity index is 1190. The normalized spacial score (nSPS) is 18.4. The predicted octanol–water partition coefficient (Wildman–Crippen LogP) is 5.38. The maximum Gasteiger partial charge on any atom is 0.416 e. The van der Waals surface area contributed by atoms with Gasteiger partial charge in [0.25, 0.3) is 5.91 Å². The molecule has 1 heterocycles. The summed E-state index contributed by atoms with van der Waals surface area (Å²) < 4.78 is 39.4. The molecule has 0 saturated heterocycles. The molecule has 2 aromatic carbocycles. The second-order valence-corrected chi connectivity index (χ2v) is 8.78. The summed E-state index contributed by atoms with van der Waals surface area (Å²) in [6.45, 7) is 1.76. The van der Waals surface area contributed by atoms with E-state index in [-0.39, 0.29) is 11.5 Å². The summed E-state index contributed by atoms with van der Waals surface area (Å²) >= 11 is 0. The number of carbonyl (C=O) groups is 2. The smallest absolute Gasteiger partial charge is 0.378 e. The monoisotopic (exact) mass is 469 g/mol. The van der Waals surface area contributed by atoms with Crippen molar-refractivity contribution in [2.45, 2.75) is 38.3 Å². The van der Waals surface area contributed by atoms with Gasteiger partial charge in [0, 0.05) is 60.3 Å². The van der Waals surface area contributed by atoms with E-state index >= 15 is 0 Å². The molecule has 0 aromatic heterocycles. The van der Waals surface area contributed by atoms with Crippen molar-refractivity contribution in [3.8, 4) is 0 Å². The van der Waals surface area contributed by atoms with Crippen LogP contribution >= 0.6 is 0 Å². The van der Waals surface area contributed by atoms with Crippen LogP contribution in [0.1, 0.15) is 43.2 Å². The van der Waals surface area contributed by atoms with E-state index in [1.807, 2.05) is 43.3 Å². The maximum absolute atomic E-state index is 13.4. The highest BCUT2D eigenvalue weighted by Crippen LogP contribution is 2.43. The second kappa shape index (κ2) is 9.00. The van der Waals surface area contributed by atoms with Crippen LogP contribution in [-0.4, -0.2) is 25.8 Å². The van der Waals surface area contributed by atoms with Crippen LogP contribution in [-0.2, 0) is 15.8 Å². The highest BCUT2D eigenvalue weighted by Gasteiger charge is 2.38. The van der Waals surface area contributed by atoms with Crippen molar-refractivity contribution in [3.63, 3.8) is 0 Å². The molecule has 8 heteroatoms. The minimum absolute atomic E-state index is 0.0210. The number of alkyl halides is 3. The molecule has 1 aliphatic heterocycles. The topological polar surface area (TPSA) is 61.4 Å². The molecule has 0 saturated carbocycles. The molecule has 2 N–H and O–H groups in total. The van der Waals surface area contributed by atoms with Gasteiger partial charge in [-0.25, -0.2) is 0 Å². The summed E-state index contributed by atoms with van der Waals surface area (Å²) in [6, 6.07) is 12.1. The van der Waals surface area contributed by atoms with Crippen LogP contribution in [0.5, 0.6) is 0 Å². The number of nitrogens with zero attached hydrogens (tertiary/aromatic N) is 1. The Hall–Kier alpha value is -3.55. The van der Waals surface area contributed by atoms with Gasteiger partial charge < -0.3 is 15.5 Å². The number of carbonyl (C=O) groups excluding carboxylic acids is 2. The largest absolute Gasteiger partial charge is 0.416 e. The fourth-order valence-corrected chi connectivity index (χ4v) is 4.55. The van der Waals surface area contributed by atoms with E-state index in [0.717, 1.165) is 35.5 Å². The molecule has 0 radical (unpaired) electrons. The number of anilines is 2. The second-order valence-electron chi connectivity index (χ2n) is 8.78. The van der Waals surface area contributed by atoms with Gasteiger partial charge in [-0.05, 0) is 55.7 Å². The van der Waals surface area contributed by atoms with Crippen LogP contribution in [0.3, 0.4) is 0 Å². The first-order chi connectivity index (χ1) is 16.1. The molecule has 0 fully saturated rings. The van der Waals surface area contributed by atoms with E-state index in [9.17, 15) is 22.8 Å². The molecule has 4 rings (SSSR count). The molecule has 2 aromatic rings. The van der Waals surface area contributed by atoms with Crippen molar-refractivity contribution in [2.75, 3.05) is 24.3 Å². The molecular weight excluding hydrogens is 443 g/mol. The Labute approximate surface area is 196 Å². The fourth-order valence-electron chi connectivity index (χ4n) is 4.55. The van der Waals surface area contributed by atoms with Crippen LogP contribution < -0.4 is 15.5 Å². The first-order valence-corrected chi connectivity index (χ1v) is 11.1. The summed E-state index contributed by atoms with van der Waals surface area (Å²) in [5.74, 6) is -1.17. The minimum Gasteiger partial charge on any atom is -0.378 e. The number of ketones is 1. The molecule has 34 heavy (non-hydrogen) atoms. The zero-order valence-electron chi connectivity index (χ0n) is 19.2. The van der Waals surface area contributed by atoms with Crippen molar-refractivity contribution in [2.24, 2.45) is 0 Å². The molecule has 1 amide bonds. The maximum atomic E-state index is 13.4. The average molecular weight is 470 g/mol. The van der Waals surface area contributed by atoms with Crippen LogP contribution in [0.2, 0.25) is 0 Å². The van der Waals surface area contributed by atoms with Crippen molar-refractivity contribution in [1.29, 1.82) is 0 Å². The Morgan fingerprint density at radius 3 is 2.44 bits per heavy atom. The average Bonchev–Trinajstić information content (AvgIpc) is 2.78. The van der Waals surface area contributed by atoms with Gasteiger partial charge in [-0.15, -0.1) is 0 Å². The highest BCUT2D eigenvalue weighted by molar-refractivity contribution is 6.09. The van der Waals surface area contributed by atoms with Gasteiger partial charge >= 0.3 is 6.18 Å². The summed E-state index contributed by atoms with van der Waals surface area (Å²) in [4.78, 5) is 28.4. The van der Waals surface area contributed by atoms with Gasteiger partial charge in [-0.3, -0.25) is 9.59 Å². The Balaban J connectivity index is 1.75. The first kappa shape index (κ1) is 23.6. The summed E-state index contributed by atoms with van der Waals surface area (Å²) in [6.07, 6.45) is -2.69. The summed E-state index contributed by atoms with van der Waals surface area (Å²) in [7, 11) is 3.84. The lowest BCUT2D eigenvalue weighted by molar-refractivity contribution is -0.137. The van der Waals surface area contributed by atoms with Crippen molar-refractivity contribution < 1.29 is 22.8 Å². The molecule has 0 spiro atoms. The molecule has 5 nitrogen and oxygen atoms in total. The van der Waals surface area contributed by atoms with E-state index in [2.05, 4.69) is 10.6 Å². The Kier molecular flexibility index (Phi) is 6.25. The number of halogens is 3. The van der Waals surface area contributed by atoms with Crippen molar-refractivity contribution >= 4 is 23.1 Å². The van der Waals surface area contributed by atoms with E-state index in [4.69, 9.17) is 0 Å². The number of nitrogens with one attached hydrogen (secondary N) is 2. The number of hydrogen-bond donors (Lipinski definition) is 2. The number of dihydropyridines is 1. The number of Topliss-reactive ketones (excluding diaryl/α,β-unsaturated/α-hetero) is 1. The van der Waals surface area contributed by atoms with Crippen LogP contribution in [0.15, 0.2) is 71.1 Å². The predicted molar refractivity (Wildman–Crippen MR) is 125 cm³/mol.